The second-order valence-corrected chi connectivity index (χ2v) is 6.71. The van der Waals surface area contributed by atoms with E-state index in [0.717, 1.165) is 28.1 Å². The largest absolute Gasteiger partial charge is 0.496 e. The van der Waals surface area contributed by atoms with Crippen molar-refractivity contribution in [3.05, 3.63) is 28.2 Å². The summed E-state index contributed by atoms with van der Waals surface area (Å²) < 4.78 is 6.32. The molecule has 1 aromatic carbocycles. The third-order valence-electron chi connectivity index (χ3n) is 3.77. The fourth-order valence-corrected chi connectivity index (χ4v) is 3.70. The smallest absolute Gasteiger partial charge is 0.133 e. The molecule has 1 fully saturated rings. The highest BCUT2D eigenvalue weighted by molar-refractivity contribution is 9.10. The lowest BCUT2D eigenvalue weighted by Crippen LogP contribution is -2.28. The van der Waals surface area contributed by atoms with E-state index in [1.165, 1.54) is 37.8 Å². The summed E-state index contributed by atoms with van der Waals surface area (Å²) in [6.07, 6.45) is 5.27. The van der Waals surface area contributed by atoms with Gasteiger partial charge in [-0.3, -0.25) is 4.90 Å². The van der Waals surface area contributed by atoms with E-state index in [-0.39, 0.29) is 0 Å². The monoisotopic (exact) mass is 389 g/mol. The molecule has 0 bridgehead atoms. The van der Waals surface area contributed by atoms with Crippen molar-refractivity contribution in [2.24, 2.45) is 0 Å². The van der Waals surface area contributed by atoms with Crippen molar-refractivity contribution in [3.8, 4) is 5.75 Å². The van der Waals surface area contributed by atoms with Crippen molar-refractivity contribution in [1.29, 1.82) is 0 Å². The number of rotatable bonds is 6. The molecule has 0 aliphatic carbocycles. The molecule has 0 aromatic heterocycles. The number of methoxy groups -OCH3 is 1. The summed E-state index contributed by atoms with van der Waals surface area (Å²) in [6.45, 7) is 2.28. The van der Waals surface area contributed by atoms with E-state index in [2.05, 4.69) is 48.9 Å². The van der Waals surface area contributed by atoms with Gasteiger partial charge in [-0.1, -0.05) is 22.0 Å². The first-order valence-corrected chi connectivity index (χ1v) is 8.78. The van der Waals surface area contributed by atoms with Crippen LogP contribution >= 0.6 is 31.9 Å². The molecule has 2 rings (SSSR count). The number of hydrogen-bond donors (Lipinski definition) is 0. The lowest BCUT2D eigenvalue weighted by atomic mass is 10.1. The third-order valence-corrected chi connectivity index (χ3v) is 4.95. The van der Waals surface area contributed by atoms with Crippen LogP contribution in [-0.2, 0) is 6.54 Å². The Hall–Kier alpha value is -0.0600. The topological polar surface area (TPSA) is 12.5 Å². The Labute approximate surface area is 132 Å². The first-order chi connectivity index (χ1) is 9.24. The van der Waals surface area contributed by atoms with Crippen LogP contribution in [-0.4, -0.2) is 29.9 Å². The molecule has 2 nitrogen and oxygen atoms in total. The van der Waals surface area contributed by atoms with Crippen molar-refractivity contribution in [2.45, 2.75) is 38.3 Å². The Morgan fingerprint density at radius 1 is 1.42 bits per heavy atom. The minimum Gasteiger partial charge on any atom is -0.496 e. The molecule has 1 heterocycles. The Bertz CT molecular complexity index is 411. The van der Waals surface area contributed by atoms with E-state index in [4.69, 9.17) is 4.74 Å². The van der Waals surface area contributed by atoms with Crippen molar-refractivity contribution >= 4 is 31.9 Å². The highest BCUT2D eigenvalue weighted by Gasteiger charge is 2.23. The predicted molar refractivity (Wildman–Crippen MR) is 87.2 cm³/mol. The minimum atomic E-state index is 0.762. The van der Waals surface area contributed by atoms with Crippen molar-refractivity contribution in [1.82, 2.24) is 4.90 Å². The Morgan fingerprint density at radius 3 is 2.95 bits per heavy atom. The van der Waals surface area contributed by atoms with Gasteiger partial charge in [-0.15, -0.1) is 0 Å². The molecule has 0 saturated carbocycles. The molecule has 4 heteroatoms. The molecule has 1 aliphatic heterocycles. The fourth-order valence-electron chi connectivity index (χ4n) is 2.79. The van der Waals surface area contributed by atoms with Gasteiger partial charge in [0, 0.05) is 17.9 Å². The van der Waals surface area contributed by atoms with Crippen LogP contribution in [0, 0.1) is 0 Å². The second-order valence-electron chi connectivity index (χ2n) is 5.07. The van der Waals surface area contributed by atoms with Gasteiger partial charge < -0.3 is 4.74 Å². The number of ether oxygens (including phenoxy) is 1. The number of benzene rings is 1. The molecular formula is C15H21Br2NO. The third kappa shape index (κ3) is 4.20. The van der Waals surface area contributed by atoms with Crippen LogP contribution in [0.15, 0.2) is 22.7 Å². The average molecular weight is 391 g/mol. The van der Waals surface area contributed by atoms with Crippen LogP contribution in [0.5, 0.6) is 5.75 Å². The summed E-state index contributed by atoms with van der Waals surface area (Å²) in [5.74, 6) is 0.904. The first-order valence-electron chi connectivity index (χ1n) is 6.87. The van der Waals surface area contributed by atoms with Gasteiger partial charge >= 0.3 is 0 Å². The Balaban J connectivity index is 1.97. The number of hydrogen-bond acceptors (Lipinski definition) is 2. The zero-order chi connectivity index (χ0) is 13.7. The quantitative estimate of drug-likeness (QED) is 0.658. The lowest BCUT2D eigenvalue weighted by Gasteiger charge is -2.24. The molecule has 1 unspecified atom stereocenters. The van der Waals surface area contributed by atoms with E-state index in [1.807, 2.05) is 6.07 Å². The highest BCUT2D eigenvalue weighted by Crippen LogP contribution is 2.28. The van der Waals surface area contributed by atoms with Gasteiger partial charge in [-0.2, -0.15) is 0 Å². The maximum Gasteiger partial charge on any atom is 0.133 e. The lowest BCUT2D eigenvalue weighted by molar-refractivity contribution is 0.234. The standard InChI is InChI=1S/C15H21Br2NO/c1-19-15-7-6-12(10-14(15)17)11-18-9-3-5-13(18)4-2-8-16/h6-7,10,13H,2-5,8-9,11H2,1H3. The van der Waals surface area contributed by atoms with Crippen LogP contribution in [0.3, 0.4) is 0 Å². The zero-order valence-electron chi connectivity index (χ0n) is 11.4. The van der Waals surface area contributed by atoms with Crippen LogP contribution in [0.2, 0.25) is 0 Å². The van der Waals surface area contributed by atoms with Crippen LogP contribution < -0.4 is 4.74 Å². The summed E-state index contributed by atoms with van der Waals surface area (Å²) in [7, 11) is 1.70. The maximum atomic E-state index is 5.28. The molecule has 0 spiro atoms. The van der Waals surface area contributed by atoms with Gasteiger partial charge in [0.1, 0.15) is 5.75 Å². The molecule has 1 saturated heterocycles. The molecule has 0 radical (unpaired) electrons. The Morgan fingerprint density at radius 2 is 2.26 bits per heavy atom. The molecule has 1 atom stereocenters. The molecule has 0 N–H and O–H groups in total. The normalized spacial score (nSPS) is 19.8. The highest BCUT2D eigenvalue weighted by atomic mass is 79.9. The summed E-state index contributed by atoms with van der Waals surface area (Å²) in [4.78, 5) is 2.62. The van der Waals surface area contributed by atoms with Crippen molar-refractivity contribution in [2.75, 3.05) is 19.0 Å². The minimum absolute atomic E-state index is 0.762. The SMILES string of the molecule is COc1ccc(CN2CCCC2CCCBr)cc1Br. The average Bonchev–Trinajstić information content (AvgIpc) is 2.84. The van der Waals surface area contributed by atoms with Crippen LogP contribution in [0.25, 0.3) is 0 Å². The van der Waals surface area contributed by atoms with E-state index >= 15 is 0 Å². The van der Waals surface area contributed by atoms with Crippen molar-refractivity contribution < 1.29 is 4.74 Å². The van der Waals surface area contributed by atoms with E-state index in [9.17, 15) is 0 Å². The van der Waals surface area contributed by atoms with E-state index < -0.39 is 0 Å². The number of nitrogens with zero attached hydrogens (tertiary/aromatic N) is 1. The zero-order valence-corrected chi connectivity index (χ0v) is 14.5. The van der Waals surface area contributed by atoms with Crippen LogP contribution in [0.1, 0.15) is 31.2 Å². The second kappa shape index (κ2) is 7.65. The molecule has 0 amide bonds. The number of alkyl halides is 1. The predicted octanol–water partition coefficient (Wildman–Crippen LogP) is 4.60. The summed E-state index contributed by atoms with van der Waals surface area (Å²) in [5.41, 5.74) is 1.36. The Kier molecular flexibility index (Phi) is 6.17. The van der Waals surface area contributed by atoms with Crippen molar-refractivity contribution in [3.63, 3.8) is 0 Å². The van der Waals surface area contributed by atoms with Gasteiger partial charge in [-0.25, -0.2) is 0 Å². The number of halogens is 2. The number of likely N-dealkylation sites (tertiary alicyclic amines) is 1. The van der Waals surface area contributed by atoms with Gasteiger partial charge in [-0.05, 0) is 65.9 Å². The van der Waals surface area contributed by atoms with Gasteiger partial charge in [0.15, 0.2) is 0 Å². The van der Waals surface area contributed by atoms with Gasteiger partial charge in [0.05, 0.1) is 11.6 Å². The molecule has 106 valence electrons. The molecular weight excluding hydrogens is 370 g/mol. The van der Waals surface area contributed by atoms with E-state index in [0.29, 0.717) is 0 Å². The van der Waals surface area contributed by atoms with E-state index in [1.54, 1.807) is 7.11 Å². The first kappa shape index (κ1) is 15.3. The summed E-state index contributed by atoms with van der Waals surface area (Å²) in [5, 5.41) is 1.12. The maximum absolute atomic E-state index is 5.28. The molecule has 19 heavy (non-hydrogen) atoms. The van der Waals surface area contributed by atoms with Crippen LogP contribution in [0.4, 0.5) is 0 Å². The summed E-state index contributed by atoms with van der Waals surface area (Å²) >= 11 is 7.09. The fraction of sp³-hybridized carbons (Fsp3) is 0.600. The van der Waals surface area contributed by atoms with Gasteiger partial charge in [0.25, 0.3) is 0 Å². The van der Waals surface area contributed by atoms with Gasteiger partial charge in [0.2, 0.25) is 0 Å². The molecule has 1 aliphatic rings. The molecule has 1 aromatic rings. The summed E-state index contributed by atoms with van der Waals surface area (Å²) in [6, 6.07) is 7.16.